The Bertz CT molecular complexity index is 911. The second kappa shape index (κ2) is 9.49. The van der Waals surface area contributed by atoms with E-state index in [2.05, 4.69) is 20.6 Å². The number of hydrogen-bond acceptors (Lipinski definition) is 5. The Morgan fingerprint density at radius 1 is 1.16 bits per heavy atom. The average molecular weight is 439 g/mol. The lowest BCUT2D eigenvalue weighted by molar-refractivity contribution is -0.138. The van der Waals surface area contributed by atoms with Crippen LogP contribution < -0.4 is 15.5 Å². The summed E-state index contributed by atoms with van der Waals surface area (Å²) in [5.41, 5.74) is -2.22. The van der Waals surface area contributed by atoms with Crippen molar-refractivity contribution in [2.75, 3.05) is 30.9 Å². The predicted molar refractivity (Wildman–Crippen MR) is 109 cm³/mol. The summed E-state index contributed by atoms with van der Waals surface area (Å²) in [5, 5.41) is 5.79. The summed E-state index contributed by atoms with van der Waals surface area (Å²) in [6.07, 6.45) is 0.0464. The third-order valence-corrected chi connectivity index (χ3v) is 5.38. The summed E-state index contributed by atoms with van der Waals surface area (Å²) in [4.78, 5) is 22.8. The van der Waals surface area contributed by atoms with Gasteiger partial charge < -0.3 is 15.5 Å². The average Bonchev–Trinajstić information content (AvgIpc) is 2.72. The molecule has 2 N–H and O–H groups in total. The monoisotopic (exact) mass is 439 g/mol. The fourth-order valence-electron chi connectivity index (χ4n) is 3.68. The predicted octanol–water partition coefficient (Wildman–Crippen LogP) is 4.10. The van der Waals surface area contributed by atoms with Gasteiger partial charge in [-0.05, 0) is 49.8 Å². The Labute approximate surface area is 178 Å². The van der Waals surface area contributed by atoms with Gasteiger partial charge in [0.25, 0.3) is 5.91 Å². The molecule has 1 fully saturated rings. The van der Waals surface area contributed by atoms with Crippen LogP contribution in [0.2, 0.25) is 0 Å². The maximum absolute atomic E-state index is 13.9. The quantitative estimate of drug-likeness (QED) is 0.664. The van der Waals surface area contributed by atoms with Crippen molar-refractivity contribution >= 4 is 17.7 Å². The highest BCUT2D eigenvalue weighted by Crippen LogP contribution is 2.33. The van der Waals surface area contributed by atoms with Gasteiger partial charge in [-0.2, -0.15) is 18.2 Å². The Morgan fingerprint density at radius 2 is 1.87 bits per heavy atom. The molecule has 0 bridgehead atoms. The normalized spacial score (nSPS) is 19.0. The van der Waals surface area contributed by atoms with Crippen LogP contribution in [0.5, 0.6) is 0 Å². The molecule has 0 spiro atoms. The summed E-state index contributed by atoms with van der Waals surface area (Å²) >= 11 is 0. The van der Waals surface area contributed by atoms with Crippen molar-refractivity contribution < 1.29 is 22.4 Å². The number of hydrogen-bond donors (Lipinski definition) is 2. The second-order valence-corrected chi connectivity index (χ2v) is 7.87. The van der Waals surface area contributed by atoms with Gasteiger partial charge in [0.2, 0.25) is 5.95 Å². The number of carbonyl (C=O) groups excluding carboxylic acids is 1. The van der Waals surface area contributed by atoms with E-state index >= 15 is 0 Å². The van der Waals surface area contributed by atoms with Crippen LogP contribution in [0, 0.1) is 11.7 Å². The molecule has 1 heterocycles. The molecule has 31 heavy (non-hydrogen) atoms. The molecule has 0 aliphatic heterocycles. The number of nitrogens with zero attached hydrogens (tertiary/aromatic N) is 3. The first-order valence-corrected chi connectivity index (χ1v) is 10.1. The molecule has 1 aromatic carbocycles. The first-order valence-electron chi connectivity index (χ1n) is 10.1. The van der Waals surface area contributed by atoms with Crippen molar-refractivity contribution in [2.45, 2.75) is 37.9 Å². The highest BCUT2D eigenvalue weighted by atomic mass is 19.4. The summed E-state index contributed by atoms with van der Waals surface area (Å²) in [7, 11) is 3.79. The highest BCUT2D eigenvalue weighted by Gasteiger charge is 2.37. The maximum Gasteiger partial charge on any atom is 0.417 e. The lowest BCUT2D eigenvalue weighted by Gasteiger charge is -2.29. The number of aromatic nitrogens is 2. The number of anilines is 2. The summed E-state index contributed by atoms with van der Waals surface area (Å²) in [6.45, 7) is 0.198. The minimum atomic E-state index is -4.80. The molecule has 1 aromatic heterocycles. The topological polar surface area (TPSA) is 70.2 Å². The van der Waals surface area contributed by atoms with Gasteiger partial charge in [-0.3, -0.25) is 4.79 Å². The third-order valence-electron chi connectivity index (χ3n) is 5.38. The lowest BCUT2D eigenvalue weighted by Crippen LogP contribution is -2.35. The molecular weight excluding hydrogens is 414 g/mol. The maximum atomic E-state index is 13.9. The van der Waals surface area contributed by atoms with E-state index in [0.717, 1.165) is 43.6 Å². The molecule has 2 aromatic rings. The van der Waals surface area contributed by atoms with E-state index in [1.165, 1.54) is 0 Å². The fourth-order valence-corrected chi connectivity index (χ4v) is 3.68. The van der Waals surface area contributed by atoms with Crippen LogP contribution in [0.1, 0.15) is 41.6 Å². The van der Waals surface area contributed by atoms with E-state index in [9.17, 15) is 22.4 Å². The minimum Gasteiger partial charge on any atom is -0.363 e. The molecular formula is C21H25F4N5O. The molecule has 168 valence electrons. The number of carbonyl (C=O) groups is 1. The SMILES string of the molecule is CN(C)c1ccnc(NC2CCC(CNC(=O)c3c(F)cccc3C(F)(F)F)CC2)n1. The third kappa shape index (κ3) is 5.83. The fraction of sp³-hybridized carbons (Fsp3) is 0.476. The first-order chi connectivity index (χ1) is 14.6. The van der Waals surface area contributed by atoms with Gasteiger partial charge in [0, 0.05) is 32.9 Å². The van der Waals surface area contributed by atoms with E-state index in [4.69, 9.17) is 0 Å². The molecule has 10 heteroatoms. The molecule has 0 saturated heterocycles. The summed E-state index contributed by atoms with van der Waals surface area (Å²) in [6, 6.07) is 4.50. The van der Waals surface area contributed by atoms with Gasteiger partial charge in [-0.1, -0.05) is 6.07 Å². The Balaban J connectivity index is 1.52. The van der Waals surface area contributed by atoms with Crippen LogP contribution >= 0.6 is 0 Å². The zero-order valence-corrected chi connectivity index (χ0v) is 17.3. The van der Waals surface area contributed by atoms with Crippen LogP contribution in [0.25, 0.3) is 0 Å². The zero-order chi connectivity index (χ0) is 22.6. The number of alkyl halides is 3. The number of nitrogens with one attached hydrogen (secondary N) is 2. The smallest absolute Gasteiger partial charge is 0.363 e. The number of halogens is 4. The zero-order valence-electron chi connectivity index (χ0n) is 17.3. The van der Waals surface area contributed by atoms with Crippen LogP contribution in [0.15, 0.2) is 30.5 Å². The largest absolute Gasteiger partial charge is 0.417 e. The number of benzene rings is 1. The molecule has 1 aliphatic carbocycles. The van der Waals surface area contributed by atoms with E-state index in [-0.39, 0.29) is 18.5 Å². The molecule has 0 atom stereocenters. The van der Waals surface area contributed by atoms with Crippen molar-refractivity contribution in [3.05, 3.63) is 47.4 Å². The standard InChI is InChI=1S/C21H25F4N5O/c1-30(2)17-10-11-26-20(29-17)28-14-8-6-13(7-9-14)12-27-19(31)18-15(21(23,24)25)4-3-5-16(18)22/h3-5,10-11,13-14H,6-9,12H2,1-2H3,(H,27,31)(H,26,28,29). The van der Waals surface area contributed by atoms with Gasteiger partial charge in [0.05, 0.1) is 11.1 Å². The van der Waals surface area contributed by atoms with E-state index in [0.29, 0.717) is 12.0 Å². The first kappa shape index (κ1) is 22.8. The lowest BCUT2D eigenvalue weighted by atomic mass is 9.86. The van der Waals surface area contributed by atoms with Gasteiger partial charge in [0.1, 0.15) is 11.6 Å². The molecule has 1 amide bonds. The van der Waals surface area contributed by atoms with Gasteiger partial charge in [-0.25, -0.2) is 9.37 Å². The van der Waals surface area contributed by atoms with Crippen molar-refractivity contribution in [3.63, 3.8) is 0 Å². The minimum absolute atomic E-state index is 0.108. The van der Waals surface area contributed by atoms with Crippen LogP contribution in [-0.4, -0.2) is 42.6 Å². The van der Waals surface area contributed by atoms with Crippen LogP contribution in [0.4, 0.5) is 29.3 Å². The van der Waals surface area contributed by atoms with Gasteiger partial charge >= 0.3 is 6.18 Å². The van der Waals surface area contributed by atoms with E-state index in [1.807, 2.05) is 25.1 Å². The van der Waals surface area contributed by atoms with Crippen molar-refractivity contribution in [2.24, 2.45) is 5.92 Å². The molecule has 6 nitrogen and oxygen atoms in total. The second-order valence-electron chi connectivity index (χ2n) is 7.87. The Hall–Kier alpha value is -2.91. The Morgan fingerprint density at radius 3 is 2.52 bits per heavy atom. The van der Waals surface area contributed by atoms with Crippen LogP contribution in [0.3, 0.4) is 0 Å². The van der Waals surface area contributed by atoms with Crippen molar-refractivity contribution in [1.29, 1.82) is 0 Å². The van der Waals surface area contributed by atoms with Crippen LogP contribution in [-0.2, 0) is 6.18 Å². The van der Waals surface area contributed by atoms with Gasteiger partial charge in [-0.15, -0.1) is 0 Å². The summed E-state index contributed by atoms with van der Waals surface area (Å²) in [5.74, 6) is -0.778. The highest BCUT2D eigenvalue weighted by molar-refractivity contribution is 5.96. The molecule has 0 unspecified atom stereocenters. The van der Waals surface area contributed by atoms with Crippen molar-refractivity contribution in [3.8, 4) is 0 Å². The molecule has 3 rings (SSSR count). The van der Waals surface area contributed by atoms with E-state index in [1.54, 1.807) is 6.20 Å². The number of rotatable bonds is 6. The van der Waals surface area contributed by atoms with Gasteiger partial charge in [0.15, 0.2) is 0 Å². The summed E-state index contributed by atoms with van der Waals surface area (Å²) < 4.78 is 53.3. The van der Waals surface area contributed by atoms with Crippen molar-refractivity contribution in [1.82, 2.24) is 15.3 Å². The Kier molecular flexibility index (Phi) is 6.97. The molecule has 1 aliphatic rings. The molecule has 1 saturated carbocycles. The van der Waals surface area contributed by atoms with E-state index < -0.39 is 29.0 Å². The molecule has 0 radical (unpaired) electrons. The number of amides is 1.